The van der Waals surface area contributed by atoms with E-state index >= 15 is 0 Å². The number of rotatable bonds is 7. The first-order chi connectivity index (χ1) is 17.1. The number of nitrogens with zero attached hydrogens (tertiary/aromatic N) is 3. The van der Waals surface area contributed by atoms with E-state index in [9.17, 15) is 4.79 Å². The van der Waals surface area contributed by atoms with E-state index in [1.807, 2.05) is 55.5 Å². The molecule has 1 aliphatic rings. The predicted octanol–water partition coefficient (Wildman–Crippen LogP) is 6.40. The number of fused-ring (bicyclic) bond motifs is 2. The molecule has 0 spiro atoms. The van der Waals surface area contributed by atoms with Crippen LogP contribution in [0.2, 0.25) is 5.02 Å². The van der Waals surface area contributed by atoms with E-state index in [0.717, 1.165) is 21.9 Å². The number of carbonyl (C=O) groups excluding carboxylic acids is 1. The highest BCUT2D eigenvalue weighted by atomic mass is 35.5. The number of hydrogen-bond acceptors (Lipinski definition) is 6. The maximum Gasteiger partial charge on any atom is 0.338 e. The fraction of sp³-hybridized carbons (Fsp3) is 0.148. The average Bonchev–Trinajstić information content (AvgIpc) is 3.28. The van der Waals surface area contributed by atoms with E-state index in [2.05, 4.69) is 30.1 Å². The van der Waals surface area contributed by atoms with Crippen molar-refractivity contribution in [1.82, 2.24) is 14.8 Å². The van der Waals surface area contributed by atoms with Gasteiger partial charge in [-0.05, 0) is 34.9 Å². The maximum absolute atomic E-state index is 13.2. The zero-order valence-electron chi connectivity index (χ0n) is 19.1. The fourth-order valence-electron chi connectivity index (χ4n) is 4.20. The van der Waals surface area contributed by atoms with Crippen LogP contribution in [0.5, 0.6) is 0 Å². The Balaban J connectivity index is 1.58. The molecule has 5 rings (SSSR count). The lowest BCUT2D eigenvalue weighted by Gasteiger charge is -2.28. The number of nitrogens with one attached hydrogen (secondary N) is 1. The lowest BCUT2D eigenvalue weighted by Crippen LogP contribution is -2.29. The molecule has 0 fully saturated rings. The molecule has 0 saturated heterocycles. The van der Waals surface area contributed by atoms with Gasteiger partial charge in [-0.25, -0.2) is 9.48 Å². The highest BCUT2D eigenvalue weighted by molar-refractivity contribution is 7.98. The molecule has 176 valence electrons. The van der Waals surface area contributed by atoms with Gasteiger partial charge in [0, 0.05) is 16.5 Å². The summed E-state index contributed by atoms with van der Waals surface area (Å²) >= 11 is 7.82. The Bertz CT molecular complexity index is 1460. The SMILES string of the molecule is C=CCOC(=O)C1=C(C)Nc2nc(SCc3ccccc3Cl)nn2C1c1cccc2ccccc12. The molecule has 3 aromatic carbocycles. The molecule has 2 heterocycles. The van der Waals surface area contributed by atoms with Gasteiger partial charge in [0.15, 0.2) is 0 Å². The molecule has 0 amide bonds. The van der Waals surface area contributed by atoms with Crippen LogP contribution in [0.4, 0.5) is 5.95 Å². The van der Waals surface area contributed by atoms with Crippen molar-refractivity contribution in [2.75, 3.05) is 11.9 Å². The topological polar surface area (TPSA) is 69.0 Å². The molecule has 0 aliphatic carbocycles. The Morgan fingerprint density at radius 1 is 1.17 bits per heavy atom. The minimum absolute atomic E-state index is 0.126. The summed E-state index contributed by atoms with van der Waals surface area (Å²) in [6.45, 7) is 5.64. The van der Waals surface area contributed by atoms with Crippen LogP contribution in [-0.4, -0.2) is 27.3 Å². The van der Waals surface area contributed by atoms with Crippen molar-refractivity contribution in [3.8, 4) is 0 Å². The molecular weight excluding hydrogens is 480 g/mol. The van der Waals surface area contributed by atoms with Gasteiger partial charge < -0.3 is 10.1 Å². The molecule has 1 unspecified atom stereocenters. The Morgan fingerprint density at radius 2 is 1.94 bits per heavy atom. The number of halogens is 1. The normalized spacial score (nSPS) is 15.0. The van der Waals surface area contributed by atoms with Gasteiger partial charge in [-0.15, -0.1) is 5.10 Å². The van der Waals surface area contributed by atoms with Crippen molar-refractivity contribution in [2.45, 2.75) is 23.9 Å². The zero-order valence-corrected chi connectivity index (χ0v) is 20.6. The number of thioether (sulfide) groups is 1. The van der Waals surface area contributed by atoms with Crippen molar-refractivity contribution in [3.05, 3.63) is 107 Å². The maximum atomic E-state index is 13.2. The summed E-state index contributed by atoms with van der Waals surface area (Å²) in [6, 6.07) is 21.4. The van der Waals surface area contributed by atoms with Gasteiger partial charge in [0.05, 0.1) is 5.57 Å². The molecule has 0 bridgehead atoms. The van der Waals surface area contributed by atoms with Crippen LogP contribution in [0.25, 0.3) is 10.8 Å². The van der Waals surface area contributed by atoms with E-state index in [-0.39, 0.29) is 6.61 Å². The molecule has 8 heteroatoms. The summed E-state index contributed by atoms with van der Waals surface area (Å²) in [5.41, 5.74) is 3.12. The minimum Gasteiger partial charge on any atom is -0.458 e. The second-order valence-electron chi connectivity index (χ2n) is 8.06. The quantitative estimate of drug-likeness (QED) is 0.179. The highest BCUT2D eigenvalue weighted by Gasteiger charge is 2.36. The monoisotopic (exact) mass is 502 g/mol. The van der Waals surface area contributed by atoms with Gasteiger partial charge in [0.2, 0.25) is 11.1 Å². The number of benzene rings is 3. The Labute approximate surface area is 212 Å². The molecule has 6 nitrogen and oxygen atoms in total. The summed E-state index contributed by atoms with van der Waals surface area (Å²) in [5, 5.41) is 11.5. The van der Waals surface area contributed by atoms with Crippen LogP contribution in [0.1, 0.15) is 24.1 Å². The van der Waals surface area contributed by atoms with E-state index in [1.54, 1.807) is 10.8 Å². The van der Waals surface area contributed by atoms with Gasteiger partial charge in [-0.1, -0.05) is 96.7 Å². The number of hydrogen-bond donors (Lipinski definition) is 1. The molecule has 4 aromatic rings. The summed E-state index contributed by atoms with van der Waals surface area (Å²) in [7, 11) is 0. The van der Waals surface area contributed by atoms with Gasteiger partial charge >= 0.3 is 5.97 Å². The molecule has 1 atom stereocenters. The average molecular weight is 503 g/mol. The lowest BCUT2D eigenvalue weighted by molar-refractivity contribution is -0.138. The summed E-state index contributed by atoms with van der Waals surface area (Å²) in [5.74, 6) is 0.782. The first kappa shape index (κ1) is 23.2. The third-order valence-electron chi connectivity index (χ3n) is 5.82. The largest absolute Gasteiger partial charge is 0.458 e. The molecule has 0 radical (unpaired) electrons. The lowest BCUT2D eigenvalue weighted by atomic mass is 9.91. The van der Waals surface area contributed by atoms with Gasteiger partial charge in [0.1, 0.15) is 12.6 Å². The number of allylic oxidation sites excluding steroid dienone is 1. The van der Waals surface area contributed by atoms with E-state index < -0.39 is 12.0 Å². The standard InChI is InChI=1S/C27H23ClN4O2S/c1-3-15-34-25(33)23-17(2)29-26-30-27(35-16-19-10-5-7-14-22(19)28)31-32(26)24(23)21-13-8-11-18-9-4-6-12-20(18)21/h3-14,24H,1,15-16H2,2H3,(H,29,30,31). The number of aromatic nitrogens is 3. The second-order valence-corrected chi connectivity index (χ2v) is 9.41. The van der Waals surface area contributed by atoms with Crippen LogP contribution in [0, 0.1) is 0 Å². The Hall–Kier alpha value is -3.55. The first-order valence-electron chi connectivity index (χ1n) is 11.1. The van der Waals surface area contributed by atoms with Crippen molar-refractivity contribution in [3.63, 3.8) is 0 Å². The first-order valence-corrected chi connectivity index (χ1v) is 12.5. The van der Waals surface area contributed by atoms with Crippen molar-refractivity contribution < 1.29 is 9.53 Å². The second kappa shape index (κ2) is 9.98. The van der Waals surface area contributed by atoms with Crippen LogP contribution in [0.3, 0.4) is 0 Å². The third-order valence-corrected chi connectivity index (χ3v) is 7.07. The van der Waals surface area contributed by atoms with Crippen LogP contribution in [-0.2, 0) is 15.3 Å². The van der Waals surface area contributed by atoms with Gasteiger partial charge in [-0.2, -0.15) is 4.98 Å². The highest BCUT2D eigenvalue weighted by Crippen LogP contribution is 2.39. The van der Waals surface area contributed by atoms with E-state index in [4.69, 9.17) is 26.4 Å². The van der Waals surface area contributed by atoms with E-state index in [1.165, 1.54) is 11.8 Å². The number of carbonyl (C=O) groups is 1. The van der Waals surface area contributed by atoms with Gasteiger partial charge in [0.25, 0.3) is 0 Å². The molecule has 1 aromatic heterocycles. The Kier molecular flexibility index (Phi) is 6.61. The van der Waals surface area contributed by atoms with E-state index in [0.29, 0.717) is 33.2 Å². The molecule has 35 heavy (non-hydrogen) atoms. The predicted molar refractivity (Wildman–Crippen MR) is 141 cm³/mol. The molecule has 0 saturated carbocycles. The Morgan fingerprint density at radius 3 is 2.77 bits per heavy atom. The van der Waals surface area contributed by atoms with Gasteiger partial charge in [-0.3, -0.25) is 0 Å². The summed E-state index contributed by atoms with van der Waals surface area (Å²) in [4.78, 5) is 17.9. The number of esters is 1. The summed E-state index contributed by atoms with van der Waals surface area (Å²) < 4.78 is 7.24. The number of anilines is 1. The van der Waals surface area contributed by atoms with Crippen LogP contribution >= 0.6 is 23.4 Å². The van der Waals surface area contributed by atoms with Crippen molar-refractivity contribution >= 4 is 46.1 Å². The van der Waals surface area contributed by atoms with Crippen LogP contribution in [0.15, 0.2) is 95.8 Å². The van der Waals surface area contributed by atoms with Crippen LogP contribution < -0.4 is 5.32 Å². The van der Waals surface area contributed by atoms with Crippen molar-refractivity contribution in [2.24, 2.45) is 0 Å². The zero-order chi connectivity index (χ0) is 24.4. The number of ether oxygens (including phenoxy) is 1. The molecule has 1 N–H and O–H groups in total. The summed E-state index contributed by atoms with van der Waals surface area (Å²) in [6.07, 6.45) is 1.56. The molecule has 1 aliphatic heterocycles. The molecular formula is C27H23ClN4O2S. The van der Waals surface area contributed by atoms with Crippen molar-refractivity contribution in [1.29, 1.82) is 0 Å². The third kappa shape index (κ3) is 4.57. The fourth-order valence-corrected chi connectivity index (χ4v) is 5.32. The minimum atomic E-state index is -0.503. The smallest absolute Gasteiger partial charge is 0.338 e.